The summed E-state index contributed by atoms with van der Waals surface area (Å²) < 4.78 is 4.91. The predicted octanol–water partition coefficient (Wildman–Crippen LogP) is 0.243. The van der Waals surface area contributed by atoms with Crippen molar-refractivity contribution in [1.29, 1.82) is 0 Å². The van der Waals surface area contributed by atoms with Crippen molar-refractivity contribution in [3.63, 3.8) is 0 Å². The Morgan fingerprint density at radius 1 is 1.33 bits per heavy atom. The van der Waals surface area contributed by atoms with Gasteiger partial charge in [-0.2, -0.15) is 0 Å². The molecule has 114 valence electrons. The van der Waals surface area contributed by atoms with Gasteiger partial charge in [0.05, 0.1) is 12.1 Å². The van der Waals surface area contributed by atoms with Gasteiger partial charge in [0.1, 0.15) is 12.7 Å². The lowest BCUT2D eigenvalue weighted by Gasteiger charge is -2.31. The highest BCUT2D eigenvalue weighted by molar-refractivity contribution is 5.85. The number of hydrogen-bond acceptors (Lipinski definition) is 5. The fourth-order valence-corrected chi connectivity index (χ4v) is 2.59. The van der Waals surface area contributed by atoms with Gasteiger partial charge in [0.25, 0.3) is 5.91 Å². The molecule has 1 amide bonds. The number of carbonyl (C=O) groups excluding carboxylic acids is 2. The first-order chi connectivity index (χ1) is 9.93. The van der Waals surface area contributed by atoms with Crippen molar-refractivity contribution >= 4 is 11.9 Å². The molecule has 1 aromatic rings. The van der Waals surface area contributed by atoms with Crippen LogP contribution in [0.4, 0.5) is 0 Å². The third-order valence-corrected chi connectivity index (χ3v) is 3.74. The highest BCUT2D eigenvalue weighted by Crippen LogP contribution is 2.30. The molecule has 0 aromatic heterocycles. The zero-order valence-corrected chi connectivity index (χ0v) is 12.0. The molecule has 6 nitrogen and oxygen atoms in total. The third kappa shape index (κ3) is 3.06. The van der Waals surface area contributed by atoms with E-state index in [9.17, 15) is 19.8 Å². The lowest BCUT2D eigenvalue weighted by atomic mass is 10.1. The van der Waals surface area contributed by atoms with Gasteiger partial charge in [0, 0.05) is 6.92 Å². The molecule has 21 heavy (non-hydrogen) atoms. The van der Waals surface area contributed by atoms with Gasteiger partial charge < -0.3 is 19.8 Å². The van der Waals surface area contributed by atoms with Crippen molar-refractivity contribution in [2.75, 3.05) is 6.61 Å². The summed E-state index contributed by atoms with van der Waals surface area (Å²) in [6, 6.07) is 8.18. The highest BCUT2D eigenvalue weighted by Gasteiger charge is 2.48. The zero-order chi connectivity index (χ0) is 15.6. The minimum atomic E-state index is -1.49. The van der Waals surface area contributed by atoms with E-state index in [0.717, 1.165) is 5.56 Å². The molecule has 0 radical (unpaired) electrons. The van der Waals surface area contributed by atoms with Crippen molar-refractivity contribution in [1.82, 2.24) is 4.90 Å². The van der Waals surface area contributed by atoms with Crippen LogP contribution in [0.25, 0.3) is 0 Å². The van der Waals surface area contributed by atoms with Crippen LogP contribution in [-0.2, 0) is 14.3 Å². The van der Waals surface area contributed by atoms with Crippen LogP contribution in [0, 0.1) is 0 Å². The number of rotatable bonds is 4. The van der Waals surface area contributed by atoms with Crippen molar-refractivity contribution in [3.05, 3.63) is 35.9 Å². The number of nitrogens with zero attached hydrogens (tertiary/aromatic N) is 1. The van der Waals surface area contributed by atoms with E-state index in [4.69, 9.17) is 4.74 Å². The minimum absolute atomic E-state index is 0.142. The molecular weight excluding hydrogens is 274 g/mol. The smallest absolute Gasteiger partial charge is 0.302 e. The van der Waals surface area contributed by atoms with Crippen LogP contribution in [0.3, 0.4) is 0 Å². The summed E-state index contributed by atoms with van der Waals surface area (Å²) in [6.07, 6.45) is -2.76. The summed E-state index contributed by atoms with van der Waals surface area (Å²) in [5.41, 5.74) is 0.875. The Labute approximate surface area is 122 Å². The number of likely N-dealkylation sites (tertiary alicyclic amines) is 1. The number of carbonyl (C=O) groups is 2. The molecule has 0 aliphatic carbocycles. The SMILES string of the molecule is CC(=O)OC[C@H]1[C@H](O)[C@H](O)C(=O)N1[C@H](C)c1ccccc1. The fraction of sp³-hybridized carbons (Fsp3) is 0.467. The van der Waals surface area contributed by atoms with Gasteiger partial charge in [-0.15, -0.1) is 0 Å². The van der Waals surface area contributed by atoms with E-state index in [2.05, 4.69) is 0 Å². The van der Waals surface area contributed by atoms with Crippen LogP contribution in [0.1, 0.15) is 25.5 Å². The van der Waals surface area contributed by atoms with Crippen molar-refractivity contribution in [2.24, 2.45) is 0 Å². The Bertz CT molecular complexity index is 518. The fourth-order valence-electron chi connectivity index (χ4n) is 2.59. The number of amides is 1. The van der Waals surface area contributed by atoms with Crippen molar-refractivity contribution in [3.8, 4) is 0 Å². The van der Waals surface area contributed by atoms with Gasteiger partial charge in [-0.1, -0.05) is 30.3 Å². The minimum Gasteiger partial charge on any atom is -0.464 e. The average Bonchev–Trinajstić information content (AvgIpc) is 2.69. The molecule has 2 N–H and O–H groups in total. The lowest BCUT2D eigenvalue weighted by molar-refractivity contribution is -0.146. The second-order valence-corrected chi connectivity index (χ2v) is 5.14. The van der Waals surface area contributed by atoms with E-state index in [1.165, 1.54) is 11.8 Å². The predicted molar refractivity (Wildman–Crippen MR) is 74.1 cm³/mol. The van der Waals surface area contributed by atoms with E-state index in [1.807, 2.05) is 30.3 Å². The van der Waals surface area contributed by atoms with Gasteiger partial charge in [-0.25, -0.2) is 0 Å². The molecule has 1 fully saturated rings. The number of aliphatic hydroxyl groups is 2. The molecular formula is C15H19NO5. The first-order valence-electron chi connectivity index (χ1n) is 6.80. The Kier molecular flexibility index (Phi) is 4.59. The largest absolute Gasteiger partial charge is 0.464 e. The number of benzene rings is 1. The maximum atomic E-state index is 12.2. The second-order valence-electron chi connectivity index (χ2n) is 5.14. The van der Waals surface area contributed by atoms with Gasteiger partial charge in [-0.05, 0) is 12.5 Å². The summed E-state index contributed by atoms with van der Waals surface area (Å²) in [5.74, 6) is -1.06. The van der Waals surface area contributed by atoms with Crippen LogP contribution in [0.2, 0.25) is 0 Å². The third-order valence-electron chi connectivity index (χ3n) is 3.74. The van der Waals surface area contributed by atoms with E-state index < -0.39 is 30.1 Å². The molecule has 1 heterocycles. The zero-order valence-electron chi connectivity index (χ0n) is 12.0. The Morgan fingerprint density at radius 2 is 1.95 bits per heavy atom. The molecule has 0 unspecified atom stereocenters. The standard InChI is InChI=1S/C15H19NO5/c1-9(11-6-4-3-5-7-11)16-12(8-21-10(2)17)13(18)14(19)15(16)20/h3-7,9,12-14,18-19H,8H2,1-2H3/t9-,12+,13+,14+/m1/s1. The van der Waals surface area contributed by atoms with E-state index in [0.29, 0.717) is 0 Å². The number of esters is 1. The average molecular weight is 293 g/mol. The Hall–Kier alpha value is -1.92. The quantitative estimate of drug-likeness (QED) is 0.777. The molecule has 1 saturated heterocycles. The summed E-state index contributed by atoms with van der Waals surface area (Å²) in [5, 5.41) is 19.8. The van der Waals surface area contributed by atoms with E-state index in [-0.39, 0.29) is 12.6 Å². The monoisotopic (exact) mass is 293 g/mol. The van der Waals surface area contributed by atoms with E-state index in [1.54, 1.807) is 6.92 Å². The molecule has 1 aliphatic rings. The Morgan fingerprint density at radius 3 is 2.52 bits per heavy atom. The number of hydrogen-bond donors (Lipinski definition) is 2. The summed E-state index contributed by atoms with van der Waals surface area (Å²) in [7, 11) is 0. The maximum absolute atomic E-state index is 12.2. The van der Waals surface area contributed by atoms with Gasteiger partial charge in [0.15, 0.2) is 6.10 Å². The van der Waals surface area contributed by atoms with Crippen LogP contribution < -0.4 is 0 Å². The molecule has 0 spiro atoms. The molecule has 0 bridgehead atoms. The van der Waals surface area contributed by atoms with Crippen LogP contribution >= 0.6 is 0 Å². The molecule has 6 heteroatoms. The highest BCUT2D eigenvalue weighted by atomic mass is 16.5. The van der Waals surface area contributed by atoms with E-state index >= 15 is 0 Å². The summed E-state index contributed by atoms with van der Waals surface area (Å²) >= 11 is 0. The van der Waals surface area contributed by atoms with Gasteiger partial charge >= 0.3 is 5.97 Å². The molecule has 4 atom stereocenters. The van der Waals surface area contributed by atoms with Crippen molar-refractivity contribution < 1.29 is 24.5 Å². The first kappa shape index (κ1) is 15.5. The normalized spacial score (nSPS) is 26.8. The lowest BCUT2D eigenvalue weighted by Crippen LogP contribution is -2.42. The second kappa shape index (κ2) is 6.24. The topological polar surface area (TPSA) is 87.1 Å². The molecule has 0 saturated carbocycles. The number of ether oxygens (including phenoxy) is 1. The Balaban J connectivity index is 2.24. The van der Waals surface area contributed by atoms with Crippen LogP contribution in [0.15, 0.2) is 30.3 Å². The summed E-state index contributed by atoms with van der Waals surface area (Å²) in [6.45, 7) is 2.92. The van der Waals surface area contributed by atoms with Crippen LogP contribution in [0.5, 0.6) is 0 Å². The summed E-state index contributed by atoms with van der Waals surface area (Å²) in [4.78, 5) is 24.5. The molecule has 1 aliphatic heterocycles. The molecule has 1 aromatic carbocycles. The first-order valence-corrected chi connectivity index (χ1v) is 6.80. The van der Waals surface area contributed by atoms with Crippen LogP contribution in [-0.4, -0.2) is 51.8 Å². The maximum Gasteiger partial charge on any atom is 0.302 e. The molecule has 2 rings (SSSR count). The van der Waals surface area contributed by atoms with Gasteiger partial charge in [0.2, 0.25) is 0 Å². The van der Waals surface area contributed by atoms with Crippen molar-refractivity contribution in [2.45, 2.75) is 38.1 Å². The number of aliphatic hydroxyl groups excluding tert-OH is 2. The van der Waals surface area contributed by atoms with Gasteiger partial charge in [-0.3, -0.25) is 9.59 Å².